The average molecular weight is 412 g/mol. The minimum absolute atomic E-state index is 0.199. The Bertz CT molecular complexity index is 984. The van der Waals surface area contributed by atoms with Crippen LogP contribution in [-0.4, -0.2) is 11.2 Å². The molecule has 2 aromatic carbocycles. The molecule has 0 saturated carbocycles. The summed E-state index contributed by atoms with van der Waals surface area (Å²) in [6, 6.07) is 16.8. The second-order valence-corrected chi connectivity index (χ2v) is 8.44. The zero-order chi connectivity index (χ0) is 20.6. The van der Waals surface area contributed by atoms with Crippen molar-refractivity contribution in [3.63, 3.8) is 0 Å². The molecule has 2 atom stereocenters. The summed E-state index contributed by atoms with van der Waals surface area (Å²) in [5.74, 6) is 0.140. The molecule has 6 nitrogen and oxygen atoms in total. The number of benzene rings is 2. The second-order valence-electron chi connectivity index (χ2n) is 8.00. The van der Waals surface area contributed by atoms with E-state index in [1.165, 1.54) is 0 Å². The molecule has 29 heavy (non-hydrogen) atoms. The van der Waals surface area contributed by atoms with Crippen molar-refractivity contribution in [1.29, 1.82) is 0 Å². The van der Waals surface area contributed by atoms with Crippen LogP contribution < -0.4 is 10.9 Å². The number of nitro groups is 1. The number of para-hydroxylation sites is 1. The Labute approximate surface area is 174 Å². The third-order valence-corrected chi connectivity index (χ3v) is 5.41. The molecule has 1 aliphatic heterocycles. The van der Waals surface area contributed by atoms with Gasteiger partial charge in [-0.2, -0.15) is 0 Å². The van der Waals surface area contributed by atoms with Gasteiger partial charge in [-0.05, 0) is 35.2 Å². The predicted molar refractivity (Wildman–Crippen MR) is 113 cm³/mol. The van der Waals surface area contributed by atoms with E-state index in [1.54, 1.807) is 12.1 Å². The van der Waals surface area contributed by atoms with Crippen molar-refractivity contribution in [3.8, 4) is 0 Å². The highest BCUT2D eigenvalue weighted by atomic mass is 35.5. The van der Waals surface area contributed by atoms with Gasteiger partial charge in [0.05, 0.1) is 16.3 Å². The third kappa shape index (κ3) is 3.93. The summed E-state index contributed by atoms with van der Waals surface area (Å²) in [4.78, 5) is 11.5. The maximum Gasteiger partial charge on any atom is 0.364 e. The van der Waals surface area contributed by atoms with Crippen LogP contribution in [0.15, 0.2) is 77.7 Å². The van der Waals surface area contributed by atoms with Crippen LogP contribution in [0.1, 0.15) is 31.7 Å². The number of nitrogens with one attached hydrogen (secondary N) is 2. The number of halogens is 1. The van der Waals surface area contributed by atoms with Gasteiger partial charge in [-0.3, -0.25) is 10.1 Å². The molecular formula is C22H22ClN3O3. The van der Waals surface area contributed by atoms with Gasteiger partial charge in [0.1, 0.15) is 11.7 Å². The Morgan fingerprint density at radius 3 is 2.45 bits per heavy atom. The van der Waals surface area contributed by atoms with E-state index in [-0.39, 0.29) is 10.3 Å². The molecule has 2 aliphatic rings. The van der Waals surface area contributed by atoms with Crippen LogP contribution in [0.4, 0.5) is 5.69 Å². The van der Waals surface area contributed by atoms with E-state index in [2.05, 4.69) is 30.8 Å². The first-order chi connectivity index (χ1) is 13.8. The van der Waals surface area contributed by atoms with Crippen LogP contribution >= 0.6 is 11.6 Å². The van der Waals surface area contributed by atoms with Crippen LogP contribution in [0.3, 0.4) is 0 Å². The molecule has 0 fully saturated rings. The fraction of sp³-hybridized carbons (Fsp3) is 0.273. The second kappa shape index (κ2) is 7.44. The number of rotatable bonds is 5. The molecule has 0 amide bonds. The standard InChI is InChI=1S/C22H22ClN3O3/c1-22(2)12-17(25-24-16-6-4-3-5-7-16)20-18(13-22)29-21(26(27)28)19(20)14-8-10-15(23)11-9-14/h3-12,19,21,24-25H,13H2,1-2H3/t19-,21-/m1/s1. The van der Waals surface area contributed by atoms with Gasteiger partial charge in [0.2, 0.25) is 0 Å². The van der Waals surface area contributed by atoms with Crippen molar-refractivity contribution in [2.24, 2.45) is 5.41 Å². The van der Waals surface area contributed by atoms with Crippen molar-refractivity contribution < 1.29 is 9.66 Å². The molecule has 1 aliphatic carbocycles. The van der Waals surface area contributed by atoms with E-state index in [0.29, 0.717) is 17.2 Å². The highest BCUT2D eigenvalue weighted by Crippen LogP contribution is 2.49. The van der Waals surface area contributed by atoms with Gasteiger partial charge in [0, 0.05) is 17.0 Å². The summed E-state index contributed by atoms with van der Waals surface area (Å²) in [6.07, 6.45) is 1.54. The van der Waals surface area contributed by atoms with Crippen molar-refractivity contribution in [2.75, 3.05) is 5.43 Å². The number of allylic oxidation sites excluding steroid dienone is 3. The van der Waals surface area contributed by atoms with Crippen molar-refractivity contribution in [1.82, 2.24) is 5.43 Å². The van der Waals surface area contributed by atoms with Gasteiger partial charge in [-0.1, -0.05) is 61.9 Å². The van der Waals surface area contributed by atoms with E-state index in [4.69, 9.17) is 16.3 Å². The molecule has 150 valence electrons. The molecule has 2 aromatic rings. The summed E-state index contributed by atoms with van der Waals surface area (Å²) in [5, 5.41) is 12.4. The van der Waals surface area contributed by atoms with Crippen LogP contribution in [0, 0.1) is 15.5 Å². The number of hydrazine groups is 1. The molecule has 0 saturated heterocycles. The summed E-state index contributed by atoms with van der Waals surface area (Å²) in [6.45, 7) is 4.17. The topological polar surface area (TPSA) is 76.4 Å². The van der Waals surface area contributed by atoms with Gasteiger partial charge in [0.15, 0.2) is 0 Å². The fourth-order valence-electron chi connectivity index (χ4n) is 3.91. The normalized spacial score (nSPS) is 22.4. The zero-order valence-electron chi connectivity index (χ0n) is 16.2. The summed E-state index contributed by atoms with van der Waals surface area (Å²) in [5.41, 5.74) is 9.56. The Morgan fingerprint density at radius 1 is 1.10 bits per heavy atom. The van der Waals surface area contributed by atoms with Crippen LogP contribution in [0.5, 0.6) is 0 Å². The molecule has 0 radical (unpaired) electrons. The van der Waals surface area contributed by atoms with E-state index >= 15 is 0 Å². The molecule has 1 heterocycles. The highest BCUT2D eigenvalue weighted by molar-refractivity contribution is 6.30. The molecule has 0 bridgehead atoms. The number of ether oxygens (including phenoxy) is 1. The number of anilines is 1. The summed E-state index contributed by atoms with van der Waals surface area (Å²) < 4.78 is 5.88. The Balaban J connectivity index is 1.72. The maximum atomic E-state index is 11.8. The monoisotopic (exact) mass is 411 g/mol. The van der Waals surface area contributed by atoms with E-state index in [0.717, 1.165) is 22.5 Å². The highest BCUT2D eigenvalue weighted by Gasteiger charge is 2.49. The number of nitrogens with zero attached hydrogens (tertiary/aromatic N) is 1. The van der Waals surface area contributed by atoms with Crippen LogP contribution in [-0.2, 0) is 4.74 Å². The quantitative estimate of drug-likeness (QED) is 0.519. The average Bonchev–Trinajstić information content (AvgIpc) is 3.06. The lowest BCUT2D eigenvalue weighted by molar-refractivity contribution is -0.570. The first kappa shape index (κ1) is 19.3. The largest absolute Gasteiger partial charge is 0.433 e. The van der Waals surface area contributed by atoms with E-state index in [9.17, 15) is 10.1 Å². The molecule has 0 unspecified atom stereocenters. The fourth-order valence-corrected chi connectivity index (χ4v) is 4.04. The smallest absolute Gasteiger partial charge is 0.364 e. The molecule has 2 N–H and O–H groups in total. The summed E-state index contributed by atoms with van der Waals surface area (Å²) >= 11 is 6.03. The summed E-state index contributed by atoms with van der Waals surface area (Å²) in [7, 11) is 0. The Morgan fingerprint density at radius 2 is 1.79 bits per heavy atom. The van der Waals surface area contributed by atoms with Crippen LogP contribution in [0.25, 0.3) is 0 Å². The SMILES string of the molecule is CC1(C)C=C(NNc2ccccc2)C2=C(C1)O[C@@H]([N+](=O)[O-])[C@@H]2c1ccc(Cl)cc1. The Hall–Kier alpha value is -2.99. The number of hydrogen-bond donors (Lipinski definition) is 2. The minimum Gasteiger partial charge on any atom is -0.433 e. The molecule has 0 aromatic heterocycles. The lowest BCUT2D eigenvalue weighted by atomic mass is 9.77. The van der Waals surface area contributed by atoms with Gasteiger partial charge in [-0.25, -0.2) is 0 Å². The zero-order valence-corrected chi connectivity index (χ0v) is 16.9. The van der Waals surface area contributed by atoms with Gasteiger partial charge in [0.25, 0.3) is 0 Å². The van der Waals surface area contributed by atoms with Gasteiger partial charge >= 0.3 is 6.23 Å². The predicted octanol–water partition coefficient (Wildman–Crippen LogP) is 5.24. The maximum absolute atomic E-state index is 11.8. The van der Waals surface area contributed by atoms with Gasteiger partial charge in [-0.15, -0.1) is 0 Å². The Kier molecular flexibility index (Phi) is 4.96. The molecular weight excluding hydrogens is 390 g/mol. The number of hydrogen-bond acceptors (Lipinski definition) is 5. The van der Waals surface area contributed by atoms with Crippen molar-refractivity contribution in [2.45, 2.75) is 32.4 Å². The lowest BCUT2D eigenvalue weighted by Crippen LogP contribution is -2.30. The van der Waals surface area contributed by atoms with Crippen LogP contribution in [0.2, 0.25) is 5.02 Å². The molecule has 4 rings (SSSR count). The minimum atomic E-state index is -1.17. The van der Waals surface area contributed by atoms with Gasteiger partial charge < -0.3 is 15.6 Å². The van der Waals surface area contributed by atoms with Crippen molar-refractivity contribution >= 4 is 17.3 Å². The van der Waals surface area contributed by atoms with E-state index in [1.807, 2.05) is 42.5 Å². The molecule has 0 spiro atoms. The molecule has 7 heteroatoms. The first-order valence-corrected chi connectivity index (χ1v) is 9.81. The first-order valence-electron chi connectivity index (χ1n) is 9.43. The van der Waals surface area contributed by atoms with Crippen molar-refractivity contribution in [3.05, 3.63) is 98.4 Å². The lowest BCUT2D eigenvalue weighted by Gasteiger charge is -2.29. The van der Waals surface area contributed by atoms with E-state index < -0.39 is 12.1 Å². The third-order valence-electron chi connectivity index (χ3n) is 5.15.